The van der Waals surface area contributed by atoms with E-state index < -0.39 is 21.7 Å². The molecule has 9 heteroatoms. The van der Waals surface area contributed by atoms with Crippen molar-refractivity contribution in [2.75, 3.05) is 4.72 Å². The minimum absolute atomic E-state index is 0.0536. The number of benzene rings is 2. The van der Waals surface area contributed by atoms with Crippen LogP contribution in [0.1, 0.15) is 10.4 Å². The van der Waals surface area contributed by atoms with Gasteiger partial charge in [0.15, 0.2) is 5.58 Å². The largest absolute Gasteiger partial charge is 0.419 e. The van der Waals surface area contributed by atoms with Crippen LogP contribution in [0.15, 0.2) is 56.6 Å². The van der Waals surface area contributed by atoms with E-state index in [2.05, 4.69) is 4.72 Å². The number of rotatable bonds is 4. The Kier molecular flexibility index (Phi) is 3.64. The van der Waals surface area contributed by atoms with Crippen molar-refractivity contribution in [1.82, 2.24) is 4.57 Å². The number of nitrogens with one attached hydrogen (secondary N) is 1. The highest BCUT2D eigenvalue weighted by molar-refractivity contribution is 7.92. The third kappa shape index (κ3) is 2.65. The summed E-state index contributed by atoms with van der Waals surface area (Å²) in [7, 11) is -2.51. The van der Waals surface area contributed by atoms with Crippen LogP contribution in [-0.4, -0.2) is 18.9 Å². The summed E-state index contributed by atoms with van der Waals surface area (Å²) in [5.74, 6) is -1.34. The molecule has 0 bridgehead atoms. The minimum Gasteiger partial charge on any atom is -0.408 e. The number of sulfonamides is 1. The van der Waals surface area contributed by atoms with Gasteiger partial charge in [-0.3, -0.25) is 14.1 Å². The lowest BCUT2D eigenvalue weighted by atomic mass is 10.2. The maximum Gasteiger partial charge on any atom is 0.419 e. The van der Waals surface area contributed by atoms with E-state index in [0.717, 1.165) is 0 Å². The number of nitrogens with two attached hydrogens (primary N) is 1. The first-order chi connectivity index (χ1) is 11.3. The Balaban J connectivity index is 2.07. The van der Waals surface area contributed by atoms with Crippen LogP contribution in [0.25, 0.3) is 11.1 Å². The Morgan fingerprint density at radius 1 is 1.21 bits per heavy atom. The van der Waals surface area contributed by atoms with Gasteiger partial charge in [0.2, 0.25) is 0 Å². The minimum atomic E-state index is -3.98. The molecule has 0 spiro atoms. The third-order valence-corrected chi connectivity index (χ3v) is 4.87. The van der Waals surface area contributed by atoms with E-state index >= 15 is 0 Å². The van der Waals surface area contributed by atoms with E-state index in [1.165, 1.54) is 41.9 Å². The first kappa shape index (κ1) is 15.8. The molecule has 0 aliphatic carbocycles. The molecule has 2 aromatic carbocycles. The second-order valence-corrected chi connectivity index (χ2v) is 6.75. The fourth-order valence-electron chi connectivity index (χ4n) is 2.26. The van der Waals surface area contributed by atoms with Crippen molar-refractivity contribution in [3.8, 4) is 0 Å². The number of carbonyl (C=O) groups is 1. The molecule has 1 amide bonds. The Bertz CT molecular complexity index is 1110. The van der Waals surface area contributed by atoms with Crippen molar-refractivity contribution in [2.45, 2.75) is 4.90 Å². The number of nitrogens with zero attached hydrogens (tertiary/aromatic N) is 1. The summed E-state index contributed by atoms with van der Waals surface area (Å²) in [5.41, 5.74) is 5.99. The Hall–Kier alpha value is -3.07. The summed E-state index contributed by atoms with van der Waals surface area (Å²) >= 11 is 0. The molecule has 0 saturated carbocycles. The van der Waals surface area contributed by atoms with E-state index in [9.17, 15) is 18.0 Å². The molecule has 0 saturated heterocycles. The SMILES string of the molecule is Cn1c(=O)oc2ccc(S(=O)(=O)Nc3ccccc3C(N)=O)cc21. The highest BCUT2D eigenvalue weighted by atomic mass is 32.2. The second kappa shape index (κ2) is 5.53. The molecule has 0 atom stereocenters. The zero-order chi connectivity index (χ0) is 17.5. The molecule has 0 aliphatic rings. The lowest BCUT2D eigenvalue weighted by Crippen LogP contribution is -2.18. The third-order valence-electron chi connectivity index (χ3n) is 3.51. The molecule has 0 unspecified atom stereocenters. The smallest absolute Gasteiger partial charge is 0.408 e. The van der Waals surface area contributed by atoms with Crippen LogP contribution >= 0.6 is 0 Å². The summed E-state index contributed by atoms with van der Waals surface area (Å²) in [4.78, 5) is 22.8. The summed E-state index contributed by atoms with van der Waals surface area (Å²) in [6.07, 6.45) is 0. The maximum absolute atomic E-state index is 12.6. The number of hydrogen-bond donors (Lipinski definition) is 2. The number of aryl methyl sites for hydroxylation is 1. The molecular formula is C15H13N3O5S. The fourth-order valence-corrected chi connectivity index (χ4v) is 3.36. The zero-order valence-corrected chi connectivity index (χ0v) is 13.3. The quantitative estimate of drug-likeness (QED) is 0.729. The number of para-hydroxylation sites is 1. The number of hydrogen-bond acceptors (Lipinski definition) is 5. The molecule has 1 aromatic heterocycles. The highest BCUT2D eigenvalue weighted by Gasteiger charge is 2.19. The van der Waals surface area contributed by atoms with Crippen molar-refractivity contribution in [1.29, 1.82) is 0 Å². The topological polar surface area (TPSA) is 124 Å². The van der Waals surface area contributed by atoms with Gasteiger partial charge in [-0.1, -0.05) is 12.1 Å². The monoisotopic (exact) mass is 347 g/mol. The van der Waals surface area contributed by atoms with Crippen molar-refractivity contribution < 1.29 is 17.6 Å². The number of primary amides is 1. The van der Waals surface area contributed by atoms with Gasteiger partial charge in [0, 0.05) is 7.05 Å². The normalized spacial score (nSPS) is 11.5. The first-order valence-corrected chi connectivity index (χ1v) is 8.29. The van der Waals surface area contributed by atoms with Crippen LogP contribution in [-0.2, 0) is 17.1 Å². The van der Waals surface area contributed by atoms with Gasteiger partial charge < -0.3 is 10.2 Å². The van der Waals surface area contributed by atoms with E-state index in [4.69, 9.17) is 10.2 Å². The molecule has 3 N–H and O–H groups in total. The van der Waals surface area contributed by atoms with Crippen LogP contribution in [0, 0.1) is 0 Å². The van der Waals surface area contributed by atoms with Crippen LogP contribution < -0.4 is 16.2 Å². The number of fused-ring (bicyclic) bond motifs is 1. The summed E-state index contributed by atoms with van der Waals surface area (Å²) in [6.45, 7) is 0. The second-order valence-electron chi connectivity index (χ2n) is 5.07. The fraction of sp³-hybridized carbons (Fsp3) is 0.0667. The molecule has 1 heterocycles. The van der Waals surface area contributed by atoms with E-state index in [1.807, 2.05) is 0 Å². The van der Waals surface area contributed by atoms with Crippen molar-refractivity contribution in [3.05, 3.63) is 58.6 Å². The van der Waals surface area contributed by atoms with Crippen LogP contribution in [0.2, 0.25) is 0 Å². The summed E-state index contributed by atoms with van der Waals surface area (Å²) < 4.78 is 33.6. The van der Waals surface area contributed by atoms with E-state index in [0.29, 0.717) is 5.52 Å². The van der Waals surface area contributed by atoms with Gasteiger partial charge in [0.25, 0.3) is 15.9 Å². The molecular weight excluding hydrogens is 334 g/mol. The van der Waals surface area contributed by atoms with Gasteiger partial charge in [-0.15, -0.1) is 0 Å². The lowest BCUT2D eigenvalue weighted by Gasteiger charge is -2.11. The van der Waals surface area contributed by atoms with Crippen LogP contribution in [0.4, 0.5) is 5.69 Å². The Morgan fingerprint density at radius 3 is 2.62 bits per heavy atom. The van der Waals surface area contributed by atoms with Crippen molar-refractivity contribution in [3.63, 3.8) is 0 Å². The molecule has 24 heavy (non-hydrogen) atoms. The average Bonchev–Trinajstić information content (AvgIpc) is 2.81. The van der Waals surface area contributed by atoms with E-state index in [1.54, 1.807) is 12.1 Å². The average molecular weight is 347 g/mol. The number of anilines is 1. The van der Waals surface area contributed by atoms with Crippen molar-refractivity contribution >= 4 is 32.7 Å². The number of carbonyl (C=O) groups excluding carboxylic acids is 1. The van der Waals surface area contributed by atoms with Gasteiger partial charge in [0.05, 0.1) is 21.7 Å². The van der Waals surface area contributed by atoms with Crippen LogP contribution in [0.5, 0.6) is 0 Å². The van der Waals surface area contributed by atoms with Crippen molar-refractivity contribution in [2.24, 2.45) is 12.8 Å². The first-order valence-electron chi connectivity index (χ1n) is 6.81. The van der Waals surface area contributed by atoms with Gasteiger partial charge in [0.1, 0.15) is 0 Å². The van der Waals surface area contributed by atoms with E-state index in [-0.39, 0.29) is 21.7 Å². The predicted octanol–water partition coefficient (Wildman–Crippen LogP) is 1.03. The van der Waals surface area contributed by atoms with Gasteiger partial charge in [-0.25, -0.2) is 13.2 Å². The lowest BCUT2D eigenvalue weighted by molar-refractivity contribution is 0.100. The highest BCUT2D eigenvalue weighted by Crippen LogP contribution is 2.22. The molecule has 3 aromatic rings. The molecule has 0 aliphatic heterocycles. The number of aromatic nitrogens is 1. The summed E-state index contributed by atoms with van der Waals surface area (Å²) in [6, 6.07) is 10.0. The number of amides is 1. The Morgan fingerprint density at radius 2 is 1.92 bits per heavy atom. The predicted molar refractivity (Wildman–Crippen MR) is 87.2 cm³/mol. The van der Waals surface area contributed by atoms with Crippen LogP contribution in [0.3, 0.4) is 0 Å². The molecule has 0 radical (unpaired) electrons. The Labute approximate surface area is 136 Å². The summed E-state index contributed by atoms with van der Waals surface area (Å²) in [5, 5.41) is 0. The maximum atomic E-state index is 12.6. The molecule has 124 valence electrons. The molecule has 0 fully saturated rings. The zero-order valence-electron chi connectivity index (χ0n) is 12.5. The number of oxazole rings is 1. The molecule has 8 nitrogen and oxygen atoms in total. The van der Waals surface area contributed by atoms with Gasteiger partial charge in [-0.2, -0.15) is 0 Å². The molecule has 3 rings (SSSR count). The standard InChI is InChI=1S/C15H13N3O5S/c1-18-12-8-9(6-7-13(12)23-15(18)20)24(21,22)17-11-5-3-2-4-10(11)14(16)19/h2-8,17H,1H3,(H2,16,19). The van der Waals surface area contributed by atoms with Gasteiger partial charge in [-0.05, 0) is 30.3 Å². The van der Waals surface area contributed by atoms with Gasteiger partial charge >= 0.3 is 5.76 Å².